The Bertz CT molecular complexity index is 346. The molecule has 0 bridgehead atoms. The summed E-state index contributed by atoms with van der Waals surface area (Å²) in [6.07, 6.45) is 1.67. The Balaban J connectivity index is 2.47. The predicted octanol–water partition coefficient (Wildman–Crippen LogP) is 2.74. The number of amides is 1. The van der Waals surface area contributed by atoms with E-state index in [1.165, 1.54) is 0 Å². The first kappa shape index (κ1) is 16.7. The molecule has 0 aromatic heterocycles. The zero-order valence-electron chi connectivity index (χ0n) is 12.3. The molecule has 20 heavy (non-hydrogen) atoms. The molecule has 1 atom stereocenters. The Morgan fingerprint density at radius 2 is 1.85 bits per heavy atom. The lowest BCUT2D eigenvalue weighted by Gasteiger charge is -2.32. The quantitative estimate of drug-likeness (QED) is 0.834. The van der Waals surface area contributed by atoms with Crippen LogP contribution < -0.4 is 5.32 Å². The maximum Gasteiger partial charge on any atom is 0.407 e. The number of carbonyl (C=O) groups is 2. The minimum atomic E-state index is -0.791. The molecule has 0 aromatic rings. The molecule has 0 radical (unpaired) electrons. The van der Waals surface area contributed by atoms with Crippen LogP contribution in [0, 0.1) is 11.8 Å². The van der Waals surface area contributed by atoms with Crippen molar-refractivity contribution >= 4 is 12.1 Å². The number of carbonyl (C=O) groups excluding carboxylic acids is 1. The van der Waals surface area contributed by atoms with Gasteiger partial charge in [-0.15, -0.1) is 0 Å². The van der Waals surface area contributed by atoms with Crippen molar-refractivity contribution in [2.45, 2.75) is 58.1 Å². The zero-order valence-corrected chi connectivity index (χ0v) is 12.3. The number of rotatable bonds is 4. The van der Waals surface area contributed by atoms with Crippen molar-refractivity contribution < 1.29 is 23.8 Å². The fraction of sp³-hybridized carbons (Fsp3) is 0.857. The van der Waals surface area contributed by atoms with E-state index in [-0.39, 0.29) is 11.8 Å². The number of alkyl carbamates (subject to hydrolysis) is 1. The minimum absolute atomic E-state index is 0.0249. The van der Waals surface area contributed by atoms with Crippen LogP contribution in [0.3, 0.4) is 0 Å². The minimum Gasteiger partial charge on any atom is -0.481 e. The van der Waals surface area contributed by atoms with Crippen molar-refractivity contribution in [3.63, 3.8) is 0 Å². The monoisotopic (exact) mass is 289 g/mol. The third-order valence-corrected chi connectivity index (χ3v) is 3.56. The summed E-state index contributed by atoms with van der Waals surface area (Å²) in [7, 11) is 0. The van der Waals surface area contributed by atoms with E-state index in [9.17, 15) is 14.0 Å². The summed E-state index contributed by atoms with van der Waals surface area (Å²) in [6, 6.07) is -0.598. The SMILES string of the molecule is CC(C)(C)OC(=O)N[C@@H](CF)C1CCC(C(=O)O)CC1. The largest absolute Gasteiger partial charge is 0.481 e. The zero-order chi connectivity index (χ0) is 15.3. The Morgan fingerprint density at radius 1 is 1.30 bits per heavy atom. The average molecular weight is 289 g/mol. The lowest BCUT2D eigenvalue weighted by Crippen LogP contribution is -2.45. The molecule has 0 unspecified atom stereocenters. The summed E-state index contributed by atoms with van der Waals surface area (Å²) >= 11 is 0. The van der Waals surface area contributed by atoms with Crippen LogP contribution in [0.2, 0.25) is 0 Å². The fourth-order valence-electron chi connectivity index (χ4n) is 2.51. The number of alkyl halides is 1. The highest BCUT2D eigenvalue weighted by molar-refractivity contribution is 5.70. The molecule has 0 aliphatic heterocycles. The Kier molecular flexibility index (Phi) is 5.77. The predicted molar refractivity (Wildman–Crippen MR) is 72.2 cm³/mol. The standard InChI is InChI=1S/C14H24FNO4/c1-14(2,3)20-13(19)16-11(8-15)9-4-6-10(7-5-9)12(17)18/h9-11H,4-8H2,1-3H3,(H,16,19)(H,17,18)/t9?,10?,11-/m0/s1. The van der Waals surface area contributed by atoms with Gasteiger partial charge in [-0.25, -0.2) is 9.18 Å². The first-order valence-corrected chi connectivity index (χ1v) is 7.01. The van der Waals surface area contributed by atoms with Crippen molar-refractivity contribution in [3.05, 3.63) is 0 Å². The van der Waals surface area contributed by atoms with Crippen molar-refractivity contribution in [1.29, 1.82) is 0 Å². The molecule has 1 aliphatic rings. The number of carboxylic acids is 1. The Hall–Kier alpha value is -1.33. The van der Waals surface area contributed by atoms with Crippen LogP contribution in [0.25, 0.3) is 0 Å². The molecule has 1 rings (SSSR count). The first-order valence-electron chi connectivity index (χ1n) is 7.01. The molecule has 1 aliphatic carbocycles. The Morgan fingerprint density at radius 3 is 2.25 bits per heavy atom. The van der Waals surface area contributed by atoms with Crippen LogP contribution in [-0.2, 0) is 9.53 Å². The van der Waals surface area contributed by atoms with Crippen molar-refractivity contribution in [2.75, 3.05) is 6.67 Å². The Labute approximate surface area is 118 Å². The molecule has 1 amide bonds. The van der Waals surface area contributed by atoms with Gasteiger partial charge >= 0.3 is 12.1 Å². The van der Waals surface area contributed by atoms with E-state index < -0.39 is 30.4 Å². The second-order valence-corrected chi connectivity index (χ2v) is 6.36. The van der Waals surface area contributed by atoms with E-state index in [4.69, 9.17) is 9.84 Å². The van der Waals surface area contributed by atoms with Gasteiger partial charge in [0.1, 0.15) is 12.3 Å². The van der Waals surface area contributed by atoms with Crippen molar-refractivity contribution in [1.82, 2.24) is 5.32 Å². The van der Waals surface area contributed by atoms with E-state index >= 15 is 0 Å². The van der Waals surface area contributed by atoms with E-state index in [0.717, 1.165) is 0 Å². The van der Waals surface area contributed by atoms with E-state index in [2.05, 4.69) is 5.32 Å². The maximum atomic E-state index is 13.1. The van der Waals surface area contributed by atoms with Gasteiger partial charge in [-0.2, -0.15) is 0 Å². The van der Waals surface area contributed by atoms with Crippen LogP contribution in [-0.4, -0.2) is 35.5 Å². The third kappa shape index (κ3) is 5.35. The second-order valence-electron chi connectivity index (χ2n) is 6.36. The van der Waals surface area contributed by atoms with Crippen LogP contribution in [0.1, 0.15) is 46.5 Å². The molecule has 6 heteroatoms. The van der Waals surface area contributed by atoms with Crippen LogP contribution in [0.4, 0.5) is 9.18 Å². The molecule has 1 fully saturated rings. The lowest BCUT2D eigenvalue weighted by molar-refractivity contribution is -0.143. The molecule has 0 aromatic carbocycles. The number of nitrogens with one attached hydrogen (secondary N) is 1. The number of hydrogen-bond donors (Lipinski definition) is 2. The number of ether oxygens (including phenoxy) is 1. The van der Waals surface area contributed by atoms with Gasteiger partial charge in [-0.05, 0) is 52.4 Å². The van der Waals surface area contributed by atoms with Crippen LogP contribution in [0.5, 0.6) is 0 Å². The first-order chi connectivity index (χ1) is 9.23. The summed E-state index contributed by atoms with van der Waals surface area (Å²) < 4.78 is 18.2. The molecular formula is C14H24FNO4. The summed E-state index contributed by atoms with van der Waals surface area (Å²) in [5.41, 5.74) is -0.619. The van der Waals surface area contributed by atoms with Gasteiger partial charge in [-0.3, -0.25) is 4.79 Å². The van der Waals surface area contributed by atoms with Gasteiger partial charge in [-0.1, -0.05) is 0 Å². The lowest BCUT2D eigenvalue weighted by atomic mass is 9.79. The molecule has 0 heterocycles. The molecule has 116 valence electrons. The smallest absolute Gasteiger partial charge is 0.407 e. The van der Waals surface area contributed by atoms with E-state index in [0.29, 0.717) is 25.7 Å². The van der Waals surface area contributed by atoms with Gasteiger partial charge in [0, 0.05) is 0 Å². The third-order valence-electron chi connectivity index (χ3n) is 3.56. The number of halogens is 1. The van der Waals surface area contributed by atoms with E-state index in [1.807, 2.05) is 0 Å². The summed E-state index contributed by atoms with van der Waals surface area (Å²) in [5.74, 6) is -1.16. The number of carboxylic acid groups (broad SMARTS) is 1. The molecule has 0 spiro atoms. The normalized spacial score (nSPS) is 24.8. The van der Waals surface area contributed by atoms with Gasteiger partial charge in [0.25, 0.3) is 0 Å². The molecule has 5 nitrogen and oxygen atoms in total. The highest BCUT2D eigenvalue weighted by Gasteiger charge is 2.32. The maximum absolute atomic E-state index is 13.1. The molecule has 1 saturated carbocycles. The van der Waals surface area contributed by atoms with Crippen molar-refractivity contribution in [2.24, 2.45) is 11.8 Å². The van der Waals surface area contributed by atoms with E-state index in [1.54, 1.807) is 20.8 Å². The van der Waals surface area contributed by atoms with Crippen molar-refractivity contribution in [3.8, 4) is 0 Å². The molecule has 0 saturated heterocycles. The average Bonchev–Trinajstić information content (AvgIpc) is 2.34. The van der Waals surface area contributed by atoms with Gasteiger partial charge < -0.3 is 15.2 Å². The molecular weight excluding hydrogens is 265 g/mol. The van der Waals surface area contributed by atoms with Gasteiger partial charge in [0.15, 0.2) is 0 Å². The second kappa shape index (κ2) is 6.90. The topological polar surface area (TPSA) is 75.6 Å². The summed E-state index contributed by atoms with van der Waals surface area (Å²) in [4.78, 5) is 22.5. The van der Waals surface area contributed by atoms with Crippen LogP contribution in [0.15, 0.2) is 0 Å². The fourth-order valence-corrected chi connectivity index (χ4v) is 2.51. The van der Waals surface area contributed by atoms with Gasteiger partial charge in [0.2, 0.25) is 0 Å². The van der Waals surface area contributed by atoms with Gasteiger partial charge in [0.05, 0.1) is 12.0 Å². The highest BCUT2D eigenvalue weighted by Crippen LogP contribution is 2.31. The number of hydrogen-bond acceptors (Lipinski definition) is 3. The number of aliphatic carboxylic acids is 1. The molecule has 2 N–H and O–H groups in total. The summed E-state index contributed by atoms with van der Waals surface area (Å²) in [6.45, 7) is 4.57. The van der Waals surface area contributed by atoms with Crippen LogP contribution >= 0.6 is 0 Å². The summed E-state index contributed by atoms with van der Waals surface area (Å²) in [5, 5.41) is 11.5. The highest BCUT2D eigenvalue weighted by atomic mass is 19.1.